The van der Waals surface area contributed by atoms with Crippen molar-refractivity contribution in [3.05, 3.63) is 40.8 Å². The molecule has 0 aliphatic rings. The van der Waals surface area contributed by atoms with Gasteiger partial charge in [0.1, 0.15) is 17.9 Å². The monoisotopic (exact) mass is 264 g/mol. The Hall–Kier alpha value is -2.34. The van der Waals surface area contributed by atoms with Gasteiger partial charge < -0.3 is 19.0 Å². The van der Waals surface area contributed by atoms with E-state index < -0.39 is 11.6 Å². The summed E-state index contributed by atoms with van der Waals surface area (Å²) in [7, 11) is 0. The standard InChI is InChI=1S/C13H12O6/c14-5-6-17-13(16)8-18-10-2-3-11-9(7-10)1-4-12(15)19-11/h1-4,7,14H,5-6,8H2. The zero-order valence-corrected chi connectivity index (χ0v) is 10.00. The van der Waals surface area contributed by atoms with E-state index in [1.54, 1.807) is 24.3 Å². The van der Waals surface area contributed by atoms with Crippen LogP contribution < -0.4 is 10.4 Å². The van der Waals surface area contributed by atoms with Crippen LogP contribution in [0.3, 0.4) is 0 Å². The van der Waals surface area contributed by atoms with Crippen molar-refractivity contribution in [2.75, 3.05) is 19.8 Å². The summed E-state index contributed by atoms with van der Waals surface area (Å²) in [6, 6.07) is 7.74. The van der Waals surface area contributed by atoms with Crippen LogP contribution in [-0.4, -0.2) is 30.9 Å². The molecule has 0 atom stereocenters. The van der Waals surface area contributed by atoms with Crippen molar-refractivity contribution in [1.82, 2.24) is 0 Å². The highest BCUT2D eigenvalue weighted by Gasteiger charge is 2.05. The molecule has 0 aliphatic carbocycles. The van der Waals surface area contributed by atoms with E-state index in [0.29, 0.717) is 16.7 Å². The second-order valence-corrected chi connectivity index (χ2v) is 3.69. The van der Waals surface area contributed by atoms with Crippen molar-refractivity contribution >= 4 is 16.9 Å². The molecular weight excluding hydrogens is 252 g/mol. The number of carbonyl (C=O) groups excluding carboxylic acids is 1. The van der Waals surface area contributed by atoms with Crippen LogP contribution >= 0.6 is 0 Å². The lowest BCUT2D eigenvalue weighted by molar-refractivity contribution is -0.146. The Bertz CT molecular complexity index is 630. The van der Waals surface area contributed by atoms with Crippen LogP contribution in [0.5, 0.6) is 5.75 Å². The zero-order valence-electron chi connectivity index (χ0n) is 10.00. The lowest BCUT2D eigenvalue weighted by atomic mass is 10.2. The number of rotatable bonds is 5. The normalized spacial score (nSPS) is 10.4. The smallest absolute Gasteiger partial charge is 0.344 e. The molecule has 19 heavy (non-hydrogen) atoms. The Morgan fingerprint density at radius 3 is 2.89 bits per heavy atom. The van der Waals surface area contributed by atoms with Gasteiger partial charge in [-0.3, -0.25) is 0 Å². The Balaban J connectivity index is 2.03. The molecule has 0 amide bonds. The van der Waals surface area contributed by atoms with Crippen LogP contribution in [0.2, 0.25) is 0 Å². The molecule has 2 aromatic rings. The fourth-order valence-electron chi connectivity index (χ4n) is 1.48. The second-order valence-electron chi connectivity index (χ2n) is 3.69. The molecule has 1 N–H and O–H groups in total. The fourth-order valence-corrected chi connectivity index (χ4v) is 1.48. The lowest BCUT2D eigenvalue weighted by Crippen LogP contribution is -2.16. The molecule has 1 aromatic carbocycles. The molecule has 0 saturated heterocycles. The Morgan fingerprint density at radius 1 is 1.26 bits per heavy atom. The molecule has 6 heteroatoms. The lowest BCUT2D eigenvalue weighted by Gasteiger charge is -2.06. The highest BCUT2D eigenvalue weighted by molar-refractivity contribution is 5.78. The zero-order chi connectivity index (χ0) is 13.7. The average Bonchev–Trinajstić information content (AvgIpc) is 2.42. The summed E-state index contributed by atoms with van der Waals surface area (Å²) < 4.78 is 14.8. The van der Waals surface area contributed by atoms with Gasteiger partial charge in [-0.1, -0.05) is 0 Å². The van der Waals surface area contributed by atoms with Gasteiger partial charge in [0.2, 0.25) is 0 Å². The van der Waals surface area contributed by atoms with E-state index in [1.807, 2.05) is 0 Å². The number of hydrogen-bond acceptors (Lipinski definition) is 6. The number of hydrogen-bond donors (Lipinski definition) is 1. The molecule has 0 aliphatic heterocycles. The van der Waals surface area contributed by atoms with Crippen molar-refractivity contribution in [1.29, 1.82) is 0 Å². The molecule has 1 aromatic heterocycles. The number of benzene rings is 1. The third kappa shape index (κ3) is 3.56. The van der Waals surface area contributed by atoms with Gasteiger partial charge in [0.25, 0.3) is 0 Å². The van der Waals surface area contributed by atoms with Crippen LogP contribution in [0, 0.1) is 0 Å². The van der Waals surface area contributed by atoms with Gasteiger partial charge in [0.05, 0.1) is 6.61 Å². The van der Waals surface area contributed by atoms with Crippen LogP contribution in [0.15, 0.2) is 39.5 Å². The summed E-state index contributed by atoms with van der Waals surface area (Å²) in [6.45, 7) is -0.520. The fraction of sp³-hybridized carbons (Fsp3) is 0.231. The van der Waals surface area contributed by atoms with E-state index >= 15 is 0 Å². The van der Waals surface area contributed by atoms with Gasteiger partial charge in [-0.15, -0.1) is 0 Å². The van der Waals surface area contributed by atoms with Crippen molar-refractivity contribution in [2.24, 2.45) is 0 Å². The minimum atomic E-state index is -0.561. The van der Waals surface area contributed by atoms with Gasteiger partial charge in [-0.25, -0.2) is 9.59 Å². The molecule has 100 valence electrons. The molecule has 0 bridgehead atoms. The minimum absolute atomic E-state index is 0.0505. The van der Waals surface area contributed by atoms with E-state index in [2.05, 4.69) is 4.74 Å². The summed E-state index contributed by atoms with van der Waals surface area (Å²) in [6.07, 6.45) is 0. The maximum atomic E-state index is 11.2. The highest BCUT2D eigenvalue weighted by Crippen LogP contribution is 2.19. The van der Waals surface area contributed by atoms with E-state index in [4.69, 9.17) is 14.3 Å². The van der Waals surface area contributed by atoms with Gasteiger partial charge >= 0.3 is 11.6 Å². The van der Waals surface area contributed by atoms with Gasteiger partial charge in [0.15, 0.2) is 6.61 Å². The summed E-state index contributed by atoms with van der Waals surface area (Å²) >= 11 is 0. The second kappa shape index (κ2) is 6.01. The number of fused-ring (bicyclic) bond motifs is 1. The van der Waals surface area contributed by atoms with Crippen molar-refractivity contribution in [2.45, 2.75) is 0 Å². The molecule has 0 fully saturated rings. The number of carbonyl (C=O) groups is 1. The largest absolute Gasteiger partial charge is 0.482 e. The number of ether oxygens (including phenoxy) is 2. The molecule has 0 radical (unpaired) electrons. The maximum Gasteiger partial charge on any atom is 0.344 e. The van der Waals surface area contributed by atoms with Crippen LogP contribution in [0.1, 0.15) is 0 Å². The summed E-state index contributed by atoms with van der Waals surface area (Å²) in [4.78, 5) is 22.2. The van der Waals surface area contributed by atoms with E-state index in [9.17, 15) is 9.59 Å². The first-order valence-corrected chi connectivity index (χ1v) is 5.62. The van der Waals surface area contributed by atoms with E-state index in [0.717, 1.165) is 0 Å². The third-order valence-corrected chi connectivity index (χ3v) is 2.30. The summed E-state index contributed by atoms with van der Waals surface area (Å²) in [5, 5.41) is 9.18. The minimum Gasteiger partial charge on any atom is -0.482 e. The average molecular weight is 264 g/mol. The number of esters is 1. The van der Waals surface area contributed by atoms with Gasteiger partial charge in [-0.05, 0) is 24.3 Å². The van der Waals surface area contributed by atoms with Crippen LogP contribution in [0.25, 0.3) is 11.0 Å². The Kier molecular flexibility index (Phi) is 4.15. The maximum absolute atomic E-state index is 11.2. The number of aliphatic hydroxyl groups excluding tert-OH is 1. The van der Waals surface area contributed by atoms with Crippen LogP contribution in [0.4, 0.5) is 0 Å². The summed E-state index contributed by atoms with van der Waals surface area (Å²) in [5.74, 6) is -0.101. The quantitative estimate of drug-likeness (QED) is 0.632. The molecular formula is C13H12O6. The number of aliphatic hydroxyl groups is 1. The van der Waals surface area contributed by atoms with Gasteiger partial charge in [0, 0.05) is 11.5 Å². The predicted octanol–water partition coefficient (Wildman–Crippen LogP) is 0.707. The summed E-state index contributed by atoms with van der Waals surface area (Å²) in [5.41, 5.74) is 0.0245. The Labute approximate surface area is 108 Å². The van der Waals surface area contributed by atoms with E-state index in [1.165, 1.54) is 6.07 Å². The molecule has 1 heterocycles. The molecule has 0 saturated carbocycles. The van der Waals surface area contributed by atoms with Crippen molar-refractivity contribution < 1.29 is 23.8 Å². The van der Waals surface area contributed by atoms with Gasteiger partial charge in [-0.2, -0.15) is 0 Å². The molecule has 6 nitrogen and oxygen atoms in total. The predicted molar refractivity (Wildman–Crippen MR) is 66.0 cm³/mol. The first-order chi connectivity index (χ1) is 9.19. The van der Waals surface area contributed by atoms with Crippen molar-refractivity contribution in [3.8, 4) is 5.75 Å². The van der Waals surface area contributed by atoms with Crippen molar-refractivity contribution in [3.63, 3.8) is 0 Å². The highest BCUT2D eigenvalue weighted by atomic mass is 16.6. The third-order valence-electron chi connectivity index (χ3n) is 2.30. The molecule has 0 spiro atoms. The molecule has 0 unspecified atom stereocenters. The first-order valence-electron chi connectivity index (χ1n) is 5.62. The topological polar surface area (TPSA) is 86.0 Å². The Morgan fingerprint density at radius 2 is 2.11 bits per heavy atom. The SMILES string of the molecule is O=C(COc1ccc2oc(=O)ccc2c1)OCCO. The van der Waals surface area contributed by atoms with E-state index in [-0.39, 0.29) is 19.8 Å². The van der Waals surface area contributed by atoms with Crippen LogP contribution in [-0.2, 0) is 9.53 Å². The molecule has 2 rings (SSSR count). The first kappa shape index (κ1) is 13.1.